The number of aromatic nitrogens is 1. The Labute approximate surface area is 185 Å². The molecule has 2 aliphatic rings. The van der Waals surface area contributed by atoms with Gasteiger partial charge in [0.05, 0.1) is 6.54 Å². The fraction of sp³-hybridized carbons (Fsp3) is 0.538. The Bertz CT molecular complexity index is 944. The standard InChI is InChI=1S/C26H35N3O2/c1-21-9-6-10-22(17-21)19-28-16-8-12-24(25(28)30)26(31)29-15-7-11-23(20-29)18-27-13-4-2-3-5-14-27/h6,8-10,12,16-17,23H,2-5,7,11,13-15,18-20H2,1H3. The molecule has 0 bridgehead atoms. The molecule has 0 spiro atoms. The molecule has 1 aromatic heterocycles. The minimum Gasteiger partial charge on any atom is -0.338 e. The van der Waals surface area contributed by atoms with E-state index in [2.05, 4.69) is 11.0 Å². The van der Waals surface area contributed by atoms with E-state index in [1.807, 2.05) is 36.1 Å². The Morgan fingerprint density at radius 2 is 1.81 bits per heavy atom. The number of piperidine rings is 1. The lowest BCUT2D eigenvalue weighted by Gasteiger charge is -2.35. The molecule has 0 N–H and O–H groups in total. The molecule has 1 unspecified atom stereocenters. The van der Waals surface area contributed by atoms with Gasteiger partial charge in [-0.1, -0.05) is 42.7 Å². The van der Waals surface area contributed by atoms with E-state index in [-0.39, 0.29) is 11.5 Å². The van der Waals surface area contributed by atoms with Crippen LogP contribution in [0.5, 0.6) is 0 Å². The van der Waals surface area contributed by atoms with Gasteiger partial charge in [0, 0.05) is 25.8 Å². The Morgan fingerprint density at radius 3 is 2.58 bits per heavy atom. The number of amides is 1. The van der Waals surface area contributed by atoms with Crippen LogP contribution in [0.25, 0.3) is 0 Å². The van der Waals surface area contributed by atoms with E-state index >= 15 is 0 Å². The Hall–Kier alpha value is -2.40. The van der Waals surface area contributed by atoms with E-state index in [9.17, 15) is 9.59 Å². The van der Waals surface area contributed by atoms with Gasteiger partial charge in [-0.05, 0) is 69.3 Å². The van der Waals surface area contributed by atoms with Crippen molar-refractivity contribution in [1.29, 1.82) is 0 Å². The zero-order valence-electron chi connectivity index (χ0n) is 18.8. The first-order chi connectivity index (χ1) is 15.1. The van der Waals surface area contributed by atoms with Crippen LogP contribution in [0.4, 0.5) is 0 Å². The van der Waals surface area contributed by atoms with Gasteiger partial charge in [0.1, 0.15) is 5.56 Å². The van der Waals surface area contributed by atoms with Gasteiger partial charge in [0.2, 0.25) is 0 Å². The first-order valence-corrected chi connectivity index (χ1v) is 11.9. The summed E-state index contributed by atoms with van der Waals surface area (Å²) < 4.78 is 1.65. The molecule has 2 aliphatic heterocycles. The van der Waals surface area contributed by atoms with Crippen molar-refractivity contribution >= 4 is 5.91 Å². The van der Waals surface area contributed by atoms with Crippen molar-refractivity contribution in [1.82, 2.24) is 14.4 Å². The Balaban J connectivity index is 1.44. The molecule has 0 aliphatic carbocycles. The first kappa shape index (κ1) is 21.8. The smallest absolute Gasteiger partial charge is 0.263 e. The molecular formula is C26H35N3O2. The molecule has 2 fully saturated rings. The van der Waals surface area contributed by atoms with Crippen molar-refractivity contribution in [2.75, 3.05) is 32.7 Å². The molecule has 5 nitrogen and oxygen atoms in total. The maximum Gasteiger partial charge on any atom is 0.263 e. The van der Waals surface area contributed by atoms with Crippen LogP contribution >= 0.6 is 0 Å². The minimum atomic E-state index is -0.191. The zero-order chi connectivity index (χ0) is 21.6. The summed E-state index contributed by atoms with van der Waals surface area (Å²) in [4.78, 5) is 30.9. The fourth-order valence-electron chi connectivity index (χ4n) is 5.08. The van der Waals surface area contributed by atoms with Crippen LogP contribution in [0, 0.1) is 12.8 Å². The van der Waals surface area contributed by atoms with Crippen LogP contribution in [0.15, 0.2) is 47.4 Å². The molecule has 1 amide bonds. The van der Waals surface area contributed by atoms with Gasteiger partial charge < -0.3 is 14.4 Å². The van der Waals surface area contributed by atoms with Crippen molar-refractivity contribution in [2.24, 2.45) is 5.92 Å². The van der Waals surface area contributed by atoms with Crippen LogP contribution in [-0.2, 0) is 6.54 Å². The number of likely N-dealkylation sites (tertiary alicyclic amines) is 2. The SMILES string of the molecule is Cc1cccc(Cn2cccc(C(=O)N3CCCC(CN4CCCCCC4)C3)c2=O)c1. The van der Waals surface area contributed by atoms with E-state index in [1.165, 1.54) is 50.8 Å². The summed E-state index contributed by atoms with van der Waals surface area (Å²) in [6.07, 6.45) is 9.24. The van der Waals surface area contributed by atoms with Crippen LogP contribution in [0.1, 0.15) is 60.0 Å². The van der Waals surface area contributed by atoms with E-state index in [4.69, 9.17) is 0 Å². The molecule has 31 heavy (non-hydrogen) atoms. The van der Waals surface area contributed by atoms with Crippen molar-refractivity contribution < 1.29 is 4.79 Å². The average molecular weight is 422 g/mol. The Morgan fingerprint density at radius 1 is 1.00 bits per heavy atom. The van der Waals surface area contributed by atoms with Crippen molar-refractivity contribution in [3.05, 3.63) is 69.6 Å². The van der Waals surface area contributed by atoms with Crippen LogP contribution in [-0.4, -0.2) is 53.0 Å². The molecule has 4 rings (SSSR count). The van der Waals surface area contributed by atoms with Gasteiger partial charge in [0.15, 0.2) is 0 Å². The number of nitrogens with zero attached hydrogens (tertiary/aromatic N) is 3. The van der Waals surface area contributed by atoms with Gasteiger partial charge >= 0.3 is 0 Å². The van der Waals surface area contributed by atoms with Gasteiger partial charge in [-0.3, -0.25) is 9.59 Å². The third-order valence-electron chi connectivity index (χ3n) is 6.71. The molecule has 166 valence electrons. The molecule has 0 radical (unpaired) electrons. The summed E-state index contributed by atoms with van der Waals surface area (Å²) in [6, 6.07) is 11.7. The highest BCUT2D eigenvalue weighted by atomic mass is 16.2. The summed E-state index contributed by atoms with van der Waals surface area (Å²) in [5.74, 6) is 0.401. The second-order valence-corrected chi connectivity index (χ2v) is 9.32. The van der Waals surface area contributed by atoms with Crippen LogP contribution < -0.4 is 5.56 Å². The van der Waals surface area contributed by atoms with Crippen molar-refractivity contribution in [3.8, 4) is 0 Å². The summed E-state index contributed by atoms with van der Waals surface area (Å²) >= 11 is 0. The van der Waals surface area contributed by atoms with Gasteiger partial charge in [-0.15, -0.1) is 0 Å². The fourth-order valence-corrected chi connectivity index (χ4v) is 5.08. The van der Waals surface area contributed by atoms with E-state index in [0.29, 0.717) is 18.0 Å². The lowest BCUT2D eigenvalue weighted by atomic mass is 9.96. The number of benzene rings is 1. The number of pyridine rings is 1. The normalized spacial score (nSPS) is 20.4. The summed E-state index contributed by atoms with van der Waals surface area (Å²) in [5.41, 5.74) is 2.35. The van der Waals surface area contributed by atoms with E-state index < -0.39 is 0 Å². The van der Waals surface area contributed by atoms with Crippen LogP contribution in [0.2, 0.25) is 0 Å². The first-order valence-electron chi connectivity index (χ1n) is 11.9. The van der Waals surface area contributed by atoms with Crippen molar-refractivity contribution in [2.45, 2.75) is 52.0 Å². The topological polar surface area (TPSA) is 45.6 Å². The third kappa shape index (κ3) is 5.65. The lowest BCUT2D eigenvalue weighted by molar-refractivity contribution is 0.0638. The highest BCUT2D eigenvalue weighted by molar-refractivity contribution is 5.93. The third-order valence-corrected chi connectivity index (χ3v) is 6.71. The highest BCUT2D eigenvalue weighted by Crippen LogP contribution is 2.21. The molecule has 3 heterocycles. The summed E-state index contributed by atoms with van der Waals surface area (Å²) in [6.45, 7) is 7.50. The second kappa shape index (κ2) is 10.3. The van der Waals surface area contributed by atoms with E-state index in [1.54, 1.807) is 16.8 Å². The maximum absolute atomic E-state index is 13.3. The zero-order valence-corrected chi connectivity index (χ0v) is 18.8. The molecule has 1 atom stereocenters. The number of carbonyl (C=O) groups is 1. The van der Waals surface area contributed by atoms with Gasteiger partial charge in [-0.2, -0.15) is 0 Å². The lowest BCUT2D eigenvalue weighted by Crippen LogP contribution is -2.45. The Kier molecular flexibility index (Phi) is 7.23. The van der Waals surface area contributed by atoms with Crippen molar-refractivity contribution in [3.63, 3.8) is 0 Å². The predicted molar refractivity (Wildman–Crippen MR) is 125 cm³/mol. The largest absolute Gasteiger partial charge is 0.338 e. The molecule has 2 aromatic rings. The number of hydrogen-bond donors (Lipinski definition) is 0. The molecule has 5 heteroatoms. The van der Waals surface area contributed by atoms with Gasteiger partial charge in [-0.25, -0.2) is 0 Å². The molecule has 2 saturated heterocycles. The number of aryl methyl sites for hydroxylation is 1. The number of rotatable bonds is 5. The second-order valence-electron chi connectivity index (χ2n) is 9.32. The molecule has 0 saturated carbocycles. The maximum atomic E-state index is 13.3. The average Bonchev–Trinajstić information content (AvgIpc) is 3.04. The quantitative estimate of drug-likeness (QED) is 0.735. The van der Waals surface area contributed by atoms with E-state index in [0.717, 1.165) is 31.6 Å². The monoisotopic (exact) mass is 421 g/mol. The predicted octanol–water partition coefficient (Wildman–Crippen LogP) is 3.93. The minimum absolute atomic E-state index is 0.107. The molecular weight excluding hydrogens is 386 g/mol. The highest BCUT2D eigenvalue weighted by Gasteiger charge is 2.27. The summed E-state index contributed by atoms with van der Waals surface area (Å²) in [5, 5.41) is 0. The number of carbonyl (C=O) groups excluding carboxylic acids is 1. The van der Waals surface area contributed by atoms with Crippen LogP contribution in [0.3, 0.4) is 0 Å². The molecule has 1 aromatic carbocycles. The summed E-state index contributed by atoms with van der Waals surface area (Å²) in [7, 11) is 0. The van der Waals surface area contributed by atoms with Gasteiger partial charge in [0.25, 0.3) is 11.5 Å². The number of hydrogen-bond acceptors (Lipinski definition) is 3.